The maximum Gasteiger partial charge on any atom is 0.335 e. The molecular weight excluding hydrogens is 336 g/mol. The predicted octanol–water partition coefficient (Wildman–Crippen LogP) is 2.27. The zero-order chi connectivity index (χ0) is 19.1. The summed E-state index contributed by atoms with van der Waals surface area (Å²) in [5, 5.41) is 40.9. The lowest BCUT2D eigenvalue weighted by Crippen LogP contribution is -2.64. The molecule has 0 amide bonds. The third-order valence-corrected chi connectivity index (χ3v) is 9.48. The molecule has 4 fully saturated rings. The monoisotopic (exact) mass is 366 g/mol. The number of rotatable bonds is 2. The van der Waals surface area contributed by atoms with Crippen LogP contribution in [0.15, 0.2) is 0 Å². The third-order valence-electron chi connectivity index (χ3n) is 9.48. The first kappa shape index (κ1) is 18.2. The Balaban J connectivity index is 1.77. The molecule has 0 radical (unpaired) electrons. The van der Waals surface area contributed by atoms with E-state index in [9.17, 15) is 30.0 Å². The van der Waals surface area contributed by atoms with Gasteiger partial charge in [-0.2, -0.15) is 0 Å². The predicted molar refractivity (Wildman–Crippen MR) is 92.3 cm³/mol. The van der Waals surface area contributed by atoms with Crippen molar-refractivity contribution in [2.75, 3.05) is 0 Å². The Hall–Kier alpha value is -1.14. The Bertz CT molecular complexity index is 663. The summed E-state index contributed by atoms with van der Waals surface area (Å²) in [6.07, 6.45) is 4.28. The Morgan fingerprint density at radius 1 is 0.923 bits per heavy atom. The van der Waals surface area contributed by atoms with E-state index in [0.717, 1.165) is 25.7 Å². The fourth-order valence-corrected chi connectivity index (χ4v) is 7.89. The van der Waals surface area contributed by atoms with Gasteiger partial charge in [-0.3, -0.25) is 4.79 Å². The number of aliphatic hydroxyl groups is 2. The van der Waals surface area contributed by atoms with E-state index in [1.54, 1.807) is 6.92 Å². The lowest BCUT2D eigenvalue weighted by Gasteiger charge is -2.65. The number of carbonyl (C=O) groups is 2. The Labute approximate surface area is 153 Å². The SMILES string of the molecule is C[C@@]1(C(=O)O)[C@H](O)CC[C@@]2(C)[C@H]1CC[C@H]1C[C@@H]3C[C@@]12CC[C@]3(O)C(=O)O. The summed E-state index contributed by atoms with van der Waals surface area (Å²) in [5.41, 5.74) is -3.15. The molecule has 0 aromatic heterocycles. The lowest BCUT2D eigenvalue weighted by atomic mass is 9.39. The van der Waals surface area contributed by atoms with Crippen molar-refractivity contribution in [1.82, 2.24) is 0 Å². The molecule has 0 aliphatic heterocycles. The van der Waals surface area contributed by atoms with Gasteiger partial charge in [0.25, 0.3) is 0 Å². The number of aliphatic carboxylic acids is 2. The number of hydrogen-bond acceptors (Lipinski definition) is 4. The topological polar surface area (TPSA) is 115 Å². The van der Waals surface area contributed by atoms with Crippen LogP contribution in [0.2, 0.25) is 0 Å². The van der Waals surface area contributed by atoms with Crippen molar-refractivity contribution in [1.29, 1.82) is 0 Å². The summed E-state index contributed by atoms with van der Waals surface area (Å²) in [7, 11) is 0. The van der Waals surface area contributed by atoms with Crippen molar-refractivity contribution in [3.63, 3.8) is 0 Å². The molecule has 4 aliphatic carbocycles. The standard InChI is InChI=1S/C20H30O6/c1-17-6-5-14(21)18(2,15(22)23)13(17)4-3-11-9-12-10-19(11,17)7-8-20(12,26)16(24)25/h11-14,21,26H,3-10H2,1-2H3,(H,22,23)(H,24,25)/t11-,12+,13+,14+,17-,18-,19-,20+/m0/s1. The van der Waals surface area contributed by atoms with Gasteiger partial charge in [-0.25, -0.2) is 4.79 Å². The molecule has 1 spiro atoms. The van der Waals surface area contributed by atoms with Crippen LogP contribution in [0.3, 0.4) is 0 Å². The highest BCUT2D eigenvalue weighted by Crippen LogP contribution is 2.75. The quantitative estimate of drug-likeness (QED) is 0.596. The zero-order valence-corrected chi connectivity index (χ0v) is 15.6. The van der Waals surface area contributed by atoms with Gasteiger partial charge < -0.3 is 20.4 Å². The average molecular weight is 366 g/mol. The molecule has 4 saturated carbocycles. The van der Waals surface area contributed by atoms with Crippen LogP contribution in [-0.2, 0) is 9.59 Å². The number of carboxylic acids is 2. The summed E-state index contributed by atoms with van der Waals surface area (Å²) in [5.74, 6) is -2.08. The molecule has 0 saturated heterocycles. The van der Waals surface area contributed by atoms with Crippen LogP contribution in [0.25, 0.3) is 0 Å². The van der Waals surface area contributed by atoms with E-state index in [2.05, 4.69) is 6.92 Å². The van der Waals surface area contributed by atoms with Gasteiger partial charge in [0.15, 0.2) is 5.60 Å². The van der Waals surface area contributed by atoms with E-state index in [0.29, 0.717) is 25.2 Å². The van der Waals surface area contributed by atoms with Gasteiger partial charge in [0, 0.05) is 0 Å². The number of aliphatic hydroxyl groups excluding tert-OH is 1. The van der Waals surface area contributed by atoms with E-state index < -0.39 is 29.1 Å². The molecule has 4 N–H and O–H groups in total. The summed E-state index contributed by atoms with van der Waals surface area (Å²) < 4.78 is 0. The maximum absolute atomic E-state index is 12.2. The van der Waals surface area contributed by atoms with Crippen molar-refractivity contribution in [2.45, 2.75) is 76.9 Å². The molecule has 0 aromatic carbocycles. The fraction of sp³-hybridized carbons (Fsp3) is 0.900. The van der Waals surface area contributed by atoms with Crippen LogP contribution in [-0.4, -0.2) is 44.1 Å². The highest BCUT2D eigenvalue weighted by molar-refractivity contribution is 5.78. The normalized spacial score (nSPS) is 55.7. The zero-order valence-electron chi connectivity index (χ0n) is 15.6. The van der Waals surface area contributed by atoms with Crippen molar-refractivity contribution < 1.29 is 30.0 Å². The summed E-state index contributed by atoms with van der Waals surface area (Å²) in [4.78, 5) is 23.9. The van der Waals surface area contributed by atoms with Crippen molar-refractivity contribution in [3.05, 3.63) is 0 Å². The van der Waals surface area contributed by atoms with Crippen molar-refractivity contribution in [2.24, 2.45) is 34.0 Å². The molecule has 0 heterocycles. The Morgan fingerprint density at radius 2 is 1.62 bits per heavy atom. The maximum atomic E-state index is 12.2. The second-order valence-corrected chi connectivity index (χ2v) is 9.91. The molecule has 26 heavy (non-hydrogen) atoms. The molecule has 2 bridgehead atoms. The van der Waals surface area contributed by atoms with Gasteiger partial charge in [0.05, 0.1) is 11.5 Å². The molecule has 4 rings (SSSR count). The third kappa shape index (κ3) is 1.85. The van der Waals surface area contributed by atoms with Crippen LogP contribution in [0.1, 0.15) is 65.2 Å². The minimum Gasteiger partial charge on any atom is -0.481 e. The molecule has 146 valence electrons. The summed E-state index contributed by atoms with van der Waals surface area (Å²) in [6.45, 7) is 3.88. The van der Waals surface area contributed by atoms with E-state index in [-0.39, 0.29) is 29.1 Å². The molecule has 4 aliphatic rings. The Morgan fingerprint density at radius 3 is 2.23 bits per heavy atom. The van der Waals surface area contributed by atoms with Crippen LogP contribution in [0.5, 0.6) is 0 Å². The van der Waals surface area contributed by atoms with Crippen LogP contribution in [0, 0.1) is 34.0 Å². The van der Waals surface area contributed by atoms with E-state index in [4.69, 9.17) is 0 Å². The number of fused-ring (bicyclic) bond motifs is 2. The van der Waals surface area contributed by atoms with Gasteiger partial charge in [-0.1, -0.05) is 6.92 Å². The number of hydrogen-bond donors (Lipinski definition) is 4. The molecule has 0 aromatic rings. The lowest BCUT2D eigenvalue weighted by molar-refractivity contribution is -0.217. The minimum atomic E-state index is -1.64. The second-order valence-electron chi connectivity index (χ2n) is 9.91. The van der Waals surface area contributed by atoms with Crippen LogP contribution < -0.4 is 0 Å². The molecule has 6 nitrogen and oxygen atoms in total. The van der Waals surface area contributed by atoms with Gasteiger partial charge in [0.1, 0.15) is 0 Å². The first-order valence-corrected chi connectivity index (χ1v) is 9.89. The van der Waals surface area contributed by atoms with Crippen molar-refractivity contribution >= 4 is 11.9 Å². The van der Waals surface area contributed by atoms with E-state index in [1.165, 1.54) is 0 Å². The van der Waals surface area contributed by atoms with Gasteiger partial charge >= 0.3 is 11.9 Å². The first-order valence-electron chi connectivity index (χ1n) is 9.89. The minimum absolute atomic E-state index is 0.112. The van der Waals surface area contributed by atoms with Gasteiger partial charge in [-0.05, 0) is 86.9 Å². The van der Waals surface area contributed by atoms with Gasteiger partial charge in [-0.15, -0.1) is 0 Å². The largest absolute Gasteiger partial charge is 0.481 e. The van der Waals surface area contributed by atoms with Crippen molar-refractivity contribution in [3.8, 4) is 0 Å². The smallest absolute Gasteiger partial charge is 0.335 e. The highest BCUT2D eigenvalue weighted by Gasteiger charge is 2.72. The summed E-state index contributed by atoms with van der Waals surface area (Å²) in [6, 6.07) is 0. The first-order chi connectivity index (χ1) is 12.0. The summed E-state index contributed by atoms with van der Waals surface area (Å²) >= 11 is 0. The van der Waals surface area contributed by atoms with Crippen LogP contribution in [0.4, 0.5) is 0 Å². The van der Waals surface area contributed by atoms with Gasteiger partial charge in [0.2, 0.25) is 0 Å². The average Bonchev–Trinajstić information content (AvgIpc) is 2.92. The number of carboxylic acid groups (broad SMARTS) is 2. The van der Waals surface area contributed by atoms with E-state index >= 15 is 0 Å². The highest BCUT2D eigenvalue weighted by atomic mass is 16.4. The van der Waals surface area contributed by atoms with Crippen LogP contribution >= 0.6 is 0 Å². The molecule has 8 atom stereocenters. The van der Waals surface area contributed by atoms with E-state index in [1.807, 2.05) is 0 Å². The molecule has 6 heteroatoms. The Kier molecular flexibility index (Phi) is 3.66. The second kappa shape index (κ2) is 5.22. The molecule has 0 unspecified atom stereocenters. The molecular formula is C20H30O6. The fourth-order valence-electron chi connectivity index (χ4n) is 7.89.